The van der Waals surface area contributed by atoms with E-state index in [0.29, 0.717) is 11.1 Å². The zero-order valence-corrected chi connectivity index (χ0v) is 12.2. The minimum atomic E-state index is -2.44. The van der Waals surface area contributed by atoms with Gasteiger partial charge in [-0.2, -0.15) is 0 Å². The fourth-order valence-corrected chi connectivity index (χ4v) is 4.76. The van der Waals surface area contributed by atoms with Crippen molar-refractivity contribution in [1.82, 2.24) is 4.90 Å². The normalized spacial score (nSPS) is 50.0. The van der Waals surface area contributed by atoms with E-state index in [1.54, 1.807) is 0 Å². The number of carbonyl (C=O) groups excluding carboxylic acids is 1. The van der Waals surface area contributed by atoms with Gasteiger partial charge >= 0.3 is 0 Å². The Balaban J connectivity index is 1.87. The molecule has 0 amide bonds. The van der Waals surface area contributed by atoms with Crippen LogP contribution in [0.15, 0.2) is 12.1 Å². The minimum absolute atomic E-state index is 0.0436. The molecule has 4 nitrogen and oxygen atoms in total. The summed E-state index contributed by atoms with van der Waals surface area (Å²) in [5.74, 6) is -1.65. The number of Topliss-reactive ketones (excluding diaryl/α,β-unsaturated/α-hetero) is 1. The van der Waals surface area contributed by atoms with Crippen LogP contribution in [0.25, 0.3) is 0 Å². The topological polar surface area (TPSA) is 38.8 Å². The van der Waals surface area contributed by atoms with Gasteiger partial charge in [-0.05, 0) is 50.3 Å². The third-order valence-corrected chi connectivity index (χ3v) is 5.67. The van der Waals surface area contributed by atoms with E-state index < -0.39 is 42.6 Å². The Hall–Kier alpha value is -1.55. The maximum Gasteiger partial charge on any atom is 0.174 e. The van der Waals surface area contributed by atoms with Gasteiger partial charge in [0.2, 0.25) is 0 Å². The molecule has 2 fully saturated rings. The molecule has 0 radical (unpaired) electrons. The molecule has 1 unspecified atom stereocenters. The van der Waals surface area contributed by atoms with E-state index in [1.807, 2.05) is 0 Å². The van der Waals surface area contributed by atoms with Crippen molar-refractivity contribution < 1.29 is 25.2 Å². The van der Waals surface area contributed by atoms with Crippen LogP contribution in [0.5, 0.6) is 11.5 Å². The Morgan fingerprint density at radius 3 is 3.36 bits per heavy atom. The van der Waals surface area contributed by atoms with Gasteiger partial charge in [-0.25, -0.2) is 0 Å². The summed E-state index contributed by atoms with van der Waals surface area (Å²) in [6, 6.07) is -1.08. The van der Waals surface area contributed by atoms with Crippen LogP contribution in [0.3, 0.4) is 0 Å². The van der Waals surface area contributed by atoms with Gasteiger partial charge in [0.15, 0.2) is 23.4 Å². The first-order valence-corrected chi connectivity index (χ1v) is 7.52. The van der Waals surface area contributed by atoms with Gasteiger partial charge in [-0.1, -0.05) is 6.04 Å². The van der Waals surface area contributed by atoms with E-state index >= 15 is 0 Å². The molecule has 4 aliphatic rings. The number of likely N-dealkylation sites (N-methyl/N-ethyl adjacent to an activating group) is 1. The number of likely N-dealkylation sites (tertiary alicyclic amines) is 1. The lowest BCUT2D eigenvalue weighted by Crippen LogP contribution is -2.65. The third kappa shape index (κ3) is 1.27. The van der Waals surface area contributed by atoms with Gasteiger partial charge in [-0.3, -0.25) is 4.79 Å². The van der Waals surface area contributed by atoms with Crippen LogP contribution >= 0.6 is 0 Å². The van der Waals surface area contributed by atoms with Crippen molar-refractivity contribution in [3.8, 4) is 11.5 Å². The summed E-state index contributed by atoms with van der Waals surface area (Å²) in [6.45, 7) is -2.35. The predicted molar refractivity (Wildman–Crippen MR) is 81.6 cm³/mol. The summed E-state index contributed by atoms with van der Waals surface area (Å²) in [5.41, 5.74) is -0.414. The standard InChI is InChI=1S/C18H21NO3/c1-19-8-7-18-11-4-5-13(20)17(18)22-16-14(21-2)6-3-10(15(16)18)9-12(11)19/h3,6,11-12,17H,4-5,7-9H2,1-2H3/t11-,12+,17?,18-/m0/s1/i1D3,3D,5D2,6D,17D. The number of hydrogen-bond donors (Lipinski definition) is 0. The van der Waals surface area contributed by atoms with Crippen LogP contribution in [0, 0.1) is 5.92 Å². The average molecular weight is 307 g/mol. The number of piperidine rings is 1. The molecule has 2 aliphatic carbocycles. The molecule has 1 aromatic rings. The summed E-state index contributed by atoms with van der Waals surface area (Å²) < 4.78 is 77.6. The Morgan fingerprint density at radius 2 is 2.55 bits per heavy atom. The van der Waals surface area contributed by atoms with Crippen LogP contribution < -0.4 is 9.47 Å². The summed E-state index contributed by atoms with van der Waals surface area (Å²) in [6.07, 6.45) is -4.65. The number of nitrogens with zero attached hydrogens (tertiary/aromatic N) is 1. The van der Waals surface area contributed by atoms with Gasteiger partial charge in [0.05, 0.1) is 11.2 Å². The van der Waals surface area contributed by atoms with Crippen molar-refractivity contribution in [3.05, 3.63) is 23.2 Å². The van der Waals surface area contributed by atoms with Crippen molar-refractivity contribution in [1.29, 1.82) is 0 Å². The highest BCUT2D eigenvalue weighted by molar-refractivity contribution is 5.89. The Bertz CT molecular complexity index is 995. The number of rotatable bonds is 1. The van der Waals surface area contributed by atoms with Crippen LogP contribution in [-0.4, -0.2) is 43.4 Å². The quantitative estimate of drug-likeness (QED) is 0.795. The first-order valence-electron chi connectivity index (χ1n) is 11.5. The molecule has 0 N–H and O–H groups in total. The van der Waals surface area contributed by atoms with Gasteiger partial charge in [0.25, 0.3) is 0 Å². The third-order valence-electron chi connectivity index (χ3n) is 5.67. The van der Waals surface area contributed by atoms with Crippen molar-refractivity contribution in [2.75, 3.05) is 20.6 Å². The summed E-state index contributed by atoms with van der Waals surface area (Å²) in [5, 5.41) is 0. The Labute approximate surface area is 141 Å². The van der Waals surface area contributed by atoms with E-state index in [4.69, 9.17) is 20.4 Å². The van der Waals surface area contributed by atoms with Crippen LogP contribution in [-0.2, 0) is 16.6 Å². The smallest absolute Gasteiger partial charge is 0.174 e. The molecule has 2 bridgehead atoms. The first kappa shape index (κ1) is 7.35. The van der Waals surface area contributed by atoms with Crippen molar-refractivity contribution >= 4 is 5.78 Å². The highest BCUT2D eigenvalue weighted by Gasteiger charge is 2.65. The highest BCUT2D eigenvalue weighted by atomic mass is 16.5. The second-order valence-electron chi connectivity index (χ2n) is 6.40. The number of benzene rings is 1. The lowest BCUT2D eigenvalue weighted by Gasteiger charge is -2.57. The monoisotopic (exact) mass is 307 g/mol. The molecular weight excluding hydrogens is 278 g/mol. The molecule has 1 spiro atoms. The Kier molecular flexibility index (Phi) is 1.35. The second kappa shape index (κ2) is 4.05. The minimum Gasteiger partial charge on any atom is -0.493 e. The van der Waals surface area contributed by atoms with Gasteiger partial charge < -0.3 is 14.4 Å². The van der Waals surface area contributed by atoms with Crippen molar-refractivity contribution in [2.24, 2.45) is 5.92 Å². The summed E-state index contributed by atoms with van der Waals surface area (Å²) >= 11 is 0. The maximum absolute atomic E-state index is 13.2. The molecule has 2 heterocycles. The molecule has 0 aromatic heterocycles. The molecule has 1 saturated heterocycles. The number of methoxy groups -OCH3 is 1. The zero-order valence-electron chi connectivity index (χ0n) is 20.2. The first-order chi connectivity index (χ1) is 13.8. The summed E-state index contributed by atoms with van der Waals surface area (Å²) in [4.78, 5) is 14.5. The van der Waals surface area contributed by atoms with E-state index in [9.17, 15) is 4.79 Å². The largest absolute Gasteiger partial charge is 0.493 e. The summed E-state index contributed by atoms with van der Waals surface area (Å²) in [7, 11) is 1.32. The number of ether oxygens (including phenoxy) is 2. The maximum atomic E-state index is 13.2. The van der Waals surface area contributed by atoms with Crippen LogP contribution in [0.4, 0.5) is 0 Å². The lowest BCUT2D eigenvalue weighted by atomic mass is 9.52. The number of carbonyl (C=O) groups is 1. The average Bonchev–Trinajstić information content (AvgIpc) is 2.89. The zero-order chi connectivity index (χ0) is 22.0. The van der Waals surface area contributed by atoms with E-state index in [1.165, 1.54) is 12.0 Å². The van der Waals surface area contributed by atoms with Gasteiger partial charge in [0, 0.05) is 30.2 Å². The molecule has 4 heteroatoms. The van der Waals surface area contributed by atoms with Crippen LogP contribution in [0.1, 0.15) is 41.3 Å². The molecule has 4 atom stereocenters. The van der Waals surface area contributed by atoms with Crippen molar-refractivity contribution in [3.63, 3.8) is 0 Å². The van der Waals surface area contributed by atoms with Gasteiger partial charge in [-0.15, -0.1) is 0 Å². The van der Waals surface area contributed by atoms with Crippen LogP contribution in [0.2, 0.25) is 0 Å². The molecule has 1 aromatic carbocycles. The SMILES string of the molecule is [2H]c1c([2H])c(OC)c2c3c1C[C@@H]1[C@@H]4CC([2H])([2H])C(=O)C([2H])(O2)[C@]34CCN1C([2H])([2H])[2H]. The molecule has 116 valence electrons. The molecule has 5 rings (SSSR count). The van der Waals surface area contributed by atoms with Gasteiger partial charge in [0.1, 0.15) is 0 Å². The predicted octanol–water partition coefficient (Wildman–Crippen LogP) is 1.93. The fraction of sp³-hybridized carbons (Fsp3) is 0.611. The lowest BCUT2D eigenvalue weighted by molar-refractivity contribution is -0.138. The molecule has 2 aliphatic heterocycles. The molecular formula is C18H21NO3. The fourth-order valence-electron chi connectivity index (χ4n) is 4.76. The Morgan fingerprint density at radius 1 is 1.64 bits per heavy atom. The van der Waals surface area contributed by atoms with E-state index in [0.717, 1.165) is 0 Å². The molecule has 1 saturated carbocycles. The highest BCUT2D eigenvalue weighted by Crippen LogP contribution is 2.62. The van der Waals surface area contributed by atoms with E-state index in [-0.39, 0.29) is 49.4 Å². The van der Waals surface area contributed by atoms with Crippen molar-refractivity contribution in [2.45, 2.75) is 43.2 Å². The molecule has 22 heavy (non-hydrogen) atoms. The second-order valence-corrected chi connectivity index (χ2v) is 6.40. The van der Waals surface area contributed by atoms with E-state index in [2.05, 4.69) is 0 Å². The number of hydrogen-bond acceptors (Lipinski definition) is 4. The number of ketones is 1.